The molecule has 1 aliphatic carbocycles. The summed E-state index contributed by atoms with van der Waals surface area (Å²) in [5, 5.41) is 7.83. The van der Waals surface area contributed by atoms with Gasteiger partial charge in [0.05, 0.1) is 17.1 Å². The van der Waals surface area contributed by atoms with Gasteiger partial charge in [-0.2, -0.15) is 5.10 Å². The number of imide groups is 1. The van der Waals surface area contributed by atoms with Crippen molar-refractivity contribution in [1.82, 2.24) is 24.9 Å². The number of ether oxygens (including phenoxy) is 1. The van der Waals surface area contributed by atoms with E-state index in [1.807, 2.05) is 66.5 Å². The van der Waals surface area contributed by atoms with Gasteiger partial charge in [0.15, 0.2) is 6.61 Å². The van der Waals surface area contributed by atoms with Crippen LogP contribution in [0.2, 0.25) is 0 Å². The average molecular weight is 783 g/mol. The number of aryl methyl sites for hydroxylation is 2. The quantitative estimate of drug-likeness (QED) is 0.173. The van der Waals surface area contributed by atoms with Gasteiger partial charge in [-0.25, -0.2) is 0 Å². The molecule has 0 saturated carbocycles. The molecule has 3 saturated heterocycles. The molecule has 58 heavy (non-hydrogen) atoms. The van der Waals surface area contributed by atoms with Crippen molar-refractivity contribution in [3.05, 3.63) is 126 Å². The maximum atomic E-state index is 12.9. The van der Waals surface area contributed by atoms with Crippen LogP contribution in [0.3, 0.4) is 0 Å². The molecular formula is C48H58N6O4. The highest BCUT2D eigenvalue weighted by Gasteiger charge is 2.32. The summed E-state index contributed by atoms with van der Waals surface area (Å²) < 4.78 is 7.61. The van der Waals surface area contributed by atoms with Gasteiger partial charge in [0.25, 0.3) is 5.91 Å². The number of rotatable bonds is 7. The van der Waals surface area contributed by atoms with E-state index in [2.05, 4.69) is 81.7 Å². The van der Waals surface area contributed by atoms with Crippen LogP contribution in [0, 0.1) is 5.92 Å². The van der Waals surface area contributed by atoms with Gasteiger partial charge in [0.1, 0.15) is 5.75 Å². The van der Waals surface area contributed by atoms with Crippen molar-refractivity contribution >= 4 is 34.3 Å². The van der Waals surface area contributed by atoms with Crippen molar-refractivity contribution in [3.8, 4) is 5.75 Å². The van der Waals surface area contributed by atoms with Gasteiger partial charge in [-0.1, -0.05) is 85.8 Å². The second kappa shape index (κ2) is 19.8. The molecule has 9 rings (SSSR count). The van der Waals surface area contributed by atoms with Crippen molar-refractivity contribution in [3.63, 3.8) is 0 Å². The third kappa shape index (κ3) is 10.5. The van der Waals surface area contributed by atoms with E-state index in [9.17, 15) is 14.4 Å². The van der Waals surface area contributed by atoms with Crippen LogP contribution in [0.15, 0.2) is 109 Å². The molecule has 3 fully saturated rings. The fraction of sp³-hybridized carbons (Fsp3) is 0.417. The largest absolute Gasteiger partial charge is 0.484 e. The van der Waals surface area contributed by atoms with Crippen LogP contribution in [0.25, 0.3) is 10.9 Å². The zero-order valence-corrected chi connectivity index (χ0v) is 34.1. The highest BCUT2D eigenvalue weighted by atomic mass is 16.5. The fourth-order valence-electron chi connectivity index (χ4n) is 8.74. The van der Waals surface area contributed by atoms with E-state index < -0.39 is 5.92 Å². The Morgan fingerprint density at radius 3 is 2.14 bits per heavy atom. The molecular weight excluding hydrogens is 725 g/mol. The first-order valence-corrected chi connectivity index (χ1v) is 21.1. The Hall–Kier alpha value is -5.48. The molecule has 2 atom stereocenters. The number of piperidine rings is 2. The van der Waals surface area contributed by atoms with Crippen molar-refractivity contribution in [2.75, 3.05) is 57.3 Å². The zero-order chi connectivity index (χ0) is 40.3. The average Bonchev–Trinajstić information content (AvgIpc) is 3.59. The Balaban J connectivity index is 0.000000246. The lowest BCUT2D eigenvalue weighted by molar-refractivity contribution is -0.135. The molecule has 10 nitrogen and oxygen atoms in total. The Kier molecular flexibility index (Phi) is 13.9. The molecule has 4 aliphatic rings. The number of piperazine rings is 1. The first-order valence-electron chi connectivity index (χ1n) is 21.1. The molecule has 1 aromatic heterocycles. The van der Waals surface area contributed by atoms with Crippen molar-refractivity contribution < 1.29 is 19.1 Å². The van der Waals surface area contributed by atoms with E-state index in [4.69, 9.17) is 4.74 Å². The predicted octanol–water partition coefficient (Wildman–Crippen LogP) is 7.35. The first kappa shape index (κ1) is 40.7. The smallest absolute Gasteiger partial charge is 0.260 e. The number of para-hydroxylation sites is 1. The SMILES string of the molecule is CC1CCCc2ccccc21.Cn1nc(C2CCC(=O)NC2=O)c2ccc(OCC(=O)N3CCN(CC4CCN(c5ccccc5)CC4)CC3)cc21.c1ccccc1. The van der Waals surface area contributed by atoms with Crippen LogP contribution in [-0.4, -0.2) is 89.7 Å². The number of nitrogens with zero attached hydrogens (tertiary/aromatic N) is 5. The van der Waals surface area contributed by atoms with Gasteiger partial charge in [0, 0.05) is 76.4 Å². The summed E-state index contributed by atoms with van der Waals surface area (Å²) in [6.45, 7) is 8.87. The van der Waals surface area contributed by atoms with Gasteiger partial charge in [-0.3, -0.25) is 29.3 Å². The molecule has 3 aliphatic heterocycles. The Bertz CT molecular complexity index is 2080. The monoisotopic (exact) mass is 782 g/mol. The Morgan fingerprint density at radius 1 is 0.776 bits per heavy atom. The number of aromatic nitrogens is 2. The number of hydrogen-bond donors (Lipinski definition) is 1. The number of anilines is 1. The highest BCUT2D eigenvalue weighted by molar-refractivity contribution is 6.02. The Labute approximate surface area is 343 Å². The highest BCUT2D eigenvalue weighted by Crippen LogP contribution is 2.33. The van der Waals surface area contributed by atoms with Gasteiger partial charge in [-0.05, 0) is 85.8 Å². The molecule has 4 heterocycles. The number of hydrogen-bond acceptors (Lipinski definition) is 7. The van der Waals surface area contributed by atoms with E-state index in [-0.39, 0.29) is 24.3 Å². The van der Waals surface area contributed by atoms with Gasteiger partial charge in [0.2, 0.25) is 11.8 Å². The van der Waals surface area contributed by atoms with Crippen LogP contribution >= 0.6 is 0 Å². The molecule has 0 spiro atoms. The molecule has 10 heteroatoms. The zero-order valence-electron chi connectivity index (χ0n) is 34.1. The summed E-state index contributed by atoms with van der Waals surface area (Å²) in [4.78, 5) is 43.7. The van der Waals surface area contributed by atoms with E-state index in [1.165, 1.54) is 37.8 Å². The Morgan fingerprint density at radius 2 is 1.45 bits per heavy atom. The second-order valence-electron chi connectivity index (χ2n) is 16.1. The minimum Gasteiger partial charge on any atom is -0.484 e. The molecule has 304 valence electrons. The molecule has 0 bridgehead atoms. The van der Waals surface area contributed by atoms with E-state index in [1.54, 1.807) is 15.8 Å². The third-order valence-corrected chi connectivity index (χ3v) is 12.1. The maximum absolute atomic E-state index is 12.9. The van der Waals surface area contributed by atoms with E-state index >= 15 is 0 Å². The van der Waals surface area contributed by atoms with Crippen LogP contribution < -0.4 is 15.0 Å². The lowest BCUT2D eigenvalue weighted by atomic mass is 9.84. The van der Waals surface area contributed by atoms with Crippen LogP contribution in [-0.2, 0) is 27.9 Å². The van der Waals surface area contributed by atoms with Crippen LogP contribution in [0.1, 0.15) is 74.1 Å². The van der Waals surface area contributed by atoms with E-state index in [0.29, 0.717) is 30.2 Å². The fourth-order valence-corrected chi connectivity index (χ4v) is 8.74. The molecule has 2 unspecified atom stereocenters. The normalized spacial score (nSPS) is 19.9. The van der Waals surface area contributed by atoms with Crippen molar-refractivity contribution in [1.29, 1.82) is 0 Å². The summed E-state index contributed by atoms with van der Waals surface area (Å²) in [6.07, 6.45) is 7.20. The summed E-state index contributed by atoms with van der Waals surface area (Å²) >= 11 is 0. The minimum absolute atomic E-state index is 0.00449. The number of amides is 3. The standard InChI is InChI=1S/C31H38N6O4.C11H14.C6H6/c1-34-27-19-24(7-8-25(27)30(33-34)26-9-10-28(38)32-31(26)40)41-21-29(39)37-17-15-35(16-18-37)20-22-11-13-36(14-12-22)23-5-3-2-4-6-23;1-9-5-4-7-10-6-2-3-8-11(9)10;1-2-4-6-5-3-1/h2-8,19,22,26H,9-18,20-21H2,1H3,(H,32,38,40);2-3,6,8-9H,4-5,7H2,1H3;1-6H. The number of carbonyl (C=O) groups is 3. The lowest BCUT2D eigenvalue weighted by Crippen LogP contribution is -2.51. The third-order valence-electron chi connectivity index (χ3n) is 12.1. The van der Waals surface area contributed by atoms with Gasteiger partial charge in [-0.15, -0.1) is 0 Å². The summed E-state index contributed by atoms with van der Waals surface area (Å²) in [5.74, 6) is 1.08. The molecule has 4 aromatic carbocycles. The number of fused-ring (bicyclic) bond motifs is 2. The van der Waals surface area contributed by atoms with Crippen molar-refractivity contribution in [2.45, 2.75) is 63.7 Å². The minimum atomic E-state index is -0.453. The van der Waals surface area contributed by atoms with E-state index in [0.717, 1.165) is 62.6 Å². The van der Waals surface area contributed by atoms with Crippen molar-refractivity contribution in [2.24, 2.45) is 13.0 Å². The summed E-state index contributed by atoms with van der Waals surface area (Å²) in [6, 6.07) is 37.1. The molecule has 3 amide bonds. The van der Waals surface area contributed by atoms with Crippen LogP contribution in [0.5, 0.6) is 5.75 Å². The van der Waals surface area contributed by atoms with Gasteiger partial charge < -0.3 is 14.5 Å². The lowest BCUT2D eigenvalue weighted by Gasteiger charge is -2.39. The number of benzene rings is 4. The predicted molar refractivity (Wildman–Crippen MR) is 230 cm³/mol. The maximum Gasteiger partial charge on any atom is 0.260 e. The van der Waals surface area contributed by atoms with Gasteiger partial charge >= 0.3 is 0 Å². The second-order valence-corrected chi connectivity index (χ2v) is 16.1. The summed E-state index contributed by atoms with van der Waals surface area (Å²) in [7, 11) is 1.82. The summed E-state index contributed by atoms with van der Waals surface area (Å²) in [5.41, 5.74) is 5.95. The number of carbonyl (C=O) groups excluding carboxylic acids is 3. The molecule has 5 aromatic rings. The topological polar surface area (TPSA) is 100 Å². The number of nitrogens with one attached hydrogen (secondary N) is 1. The molecule has 0 radical (unpaired) electrons. The first-order chi connectivity index (χ1) is 28.3. The molecule has 1 N–H and O–H groups in total. The van der Waals surface area contributed by atoms with Crippen LogP contribution in [0.4, 0.5) is 5.69 Å².